The van der Waals surface area contributed by atoms with Crippen LogP contribution in [-0.4, -0.2) is 9.78 Å². The molecular weight excluding hydrogens is 234 g/mol. The molecule has 0 fully saturated rings. The van der Waals surface area contributed by atoms with Crippen molar-refractivity contribution in [2.45, 2.75) is 26.2 Å². The van der Waals surface area contributed by atoms with Crippen LogP contribution < -0.4 is 5.73 Å². The van der Waals surface area contributed by atoms with E-state index < -0.39 is 0 Å². The highest BCUT2D eigenvalue weighted by atomic mass is 35.5. The lowest BCUT2D eigenvalue weighted by atomic mass is 10.2. The predicted octanol–water partition coefficient (Wildman–Crippen LogP) is 2.91. The summed E-state index contributed by atoms with van der Waals surface area (Å²) in [6, 6.07) is 5.85. The van der Waals surface area contributed by atoms with Crippen molar-refractivity contribution >= 4 is 17.4 Å². The molecule has 17 heavy (non-hydrogen) atoms. The van der Waals surface area contributed by atoms with E-state index in [4.69, 9.17) is 17.3 Å². The highest BCUT2D eigenvalue weighted by Crippen LogP contribution is 2.30. The molecule has 0 aliphatic heterocycles. The Morgan fingerprint density at radius 1 is 1.35 bits per heavy atom. The summed E-state index contributed by atoms with van der Waals surface area (Å²) in [5, 5.41) is 5.20. The van der Waals surface area contributed by atoms with E-state index in [1.165, 1.54) is 17.7 Å². The standard InChI is InChI=1S/C13H14ClN3/c1-8-7-9(14)5-6-11(8)17-12-4-2-3-10(12)13(15)16-17/h5-7H,2-4H2,1H3,(H2,15,16). The minimum absolute atomic E-state index is 0.673. The fraction of sp³-hybridized carbons (Fsp3) is 0.308. The number of aromatic nitrogens is 2. The van der Waals surface area contributed by atoms with Gasteiger partial charge in [-0.25, -0.2) is 4.68 Å². The third-order valence-electron chi connectivity index (χ3n) is 3.35. The molecule has 0 atom stereocenters. The van der Waals surface area contributed by atoms with Gasteiger partial charge in [-0.05, 0) is 49.9 Å². The summed E-state index contributed by atoms with van der Waals surface area (Å²) in [6.07, 6.45) is 3.28. The van der Waals surface area contributed by atoms with Gasteiger partial charge in [-0.1, -0.05) is 11.6 Å². The van der Waals surface area contributed by atoms with Crippen LogP contribution in [0.1, 0.15) is 23.2 Å². The van der Waals surface area contributed by atoms with E-state index in [1.54, 1.807) is 0 Å². The van der Waals surface area contributed by atoms with E-state index >= 15 is 0 Å². The van der Waals surface area contributed by atoms with Crippen LogP contribution in [0.25, 0.3) is 5.69 Å². The minimum Gasteiger partial charge on any atom is -0.382 e. The Balaban J connectivity index is 2.19. The van der Waals surface area contributed by atoms with E-state index in [-0.39, 0.29) is 0 Å². The first kappa shape index (κ1) is 10.7. The molecule has 1 aliphatic rings. The lowest BCUT2D eigenvalue weighted by Crippen LogP contribution is -2.03. The molecule has 0 amide bonds. The van der Waals surface area contributed by atoms with Gasteiger partial charge in [0, 0.05) is 16.3 Å². The fourth-order valence-electron chi connectivity index (χ4n) is 2.52. The monoisotopic (exact) mass is 247 g/mol. The molecule has 0 saturated carbocycles. The van der Waals surface area contributed by atoms with Crippen LogP contribution in [-0.2, 0) is 12.8 Å². The van der Waals surface area contributed by atoms with Crippen molar-refractivity contribution in [3.05, 3.63) is 40.0 Å². The number of halogens is 1. The Bertz CT molecular complexity index is 587. The highest BCUT2D eigenvalue weighted by Gasteiger charge is 2.22. The average molecular weight is 248 g/mol. The summed E-state index contributed by atoms with van der Waals surface area (Å²) in [5.41, 5.74) is 10.6. The molecule has 2 N–H and O–H groups in total. The number of anilines is 1. The smallest absolute Gasteiger partial charge is 0.149 e. The average Bonchev–Trinajstić information content (AvgIpc) is 2.84. The number of rotatable bonds is 1. The van der Waals surface area contributed by atoms with Crippen LogP contribution in [0.4, 0.5) is 5.82 Å². The lowest BCUT2D eigenvalue weighted by Gasteiger charge is -2.09. The quantitative estimate of drug-likeness (QED) is 0.842. The molecule has 4 heteroatoms. The molecule has 0 saturated heterocycles. The molecule has 3 nitrogen and oxygen atoms in total. The summed E-state index contributed by atoms with van der Waals surface area (Å²) >= 11 is 5.97. The number of aryl methyl sites for hydroxylation is 1. The summed E-state index contributed by atoms with van der Waals surface area (Å²) in [7, 11) is 0. The van der Waals surface area contributed by atoms with Crippen LogP contribution in [0.15, 0.2) is 18.2 Å². The minimum atomic E-state index is 0.673. The number of hydrogen-bond donors (Lipinski definition) is 1. The van der Waals surface area contributed by atoms with E-state index in [2.05, 4.69) is 5.10 Å². The van der Waals surface area contributed by atoms with Gasteiger partial charge < -0.3 is 5.73 Å². The van der Waals surface area contributed by atoms with Gasteiger partial charge in [-0.15, -0.1) is 0 Å². The number of benzene rings is 1. The molecule has 1 aromatic carbocycles. The maximum atomic E-state index is 5.97. The van der Waals surface area contributed by atoms with Gasteiger partial charge in [0.2, 0.25) is 0 Å². The van der Waals surface area contributed by atoms with Gasteiger partial charge in [0.15, 0.2) is 0 Å². The molecular formula is C13H14ClN3. The molecule has 1 heterocycles. The molecule has 1 aromatic heterocycles. The van der Waals surface area contributed by atoms with Crippen LogP contribution in [0, 0.1) is 6.92 Å². The fourth-order valence-corrected chi connectivity index (χ4v) is 2.75. The van der Waals surface area contributed by atoms with Gasteiger partial charge in [-0.3, -0.25) is 0 Å². The van der Waals surface area contributed by atoms with E-state index in [0.717, 1.165) is 29.1 Å². The third kappa shape index (κ3) is 1.62. The Morgan fingerprint density at radius 3 is 2.94 bits per heavy atom. The zero-order chi connectivity index (χ0) is 12.0. The zero-order valence-corrected chi connectivity index (χ0v) is 10.5. The first-order chi connectivity index (χ1) is 8.16. The van der Waals surface area contributed by atoms with E-state index in [0.29, 0.717) is 5.82 Å². The number of nitrogens with zero attached hydrogens (tertiary/aromatic N) is 2. The van der Waals surface area contributed by atoms with Gasteiger partial charge in [0.1, 0.15) is 5.82 Å². The van der Waals surface area contributed by atoms with Crippen molar-refractivity contribution in [2.75, 3.05) is 5.73 Å². The molecule has 2 aromatic rings. The maximum absolute atomic E-state index is 5.97. The second-order valence-electron chi connectivity index (χ2n) is 4.51. The van der Waals surface area contributed by atoms with Crippen LogP contribution in [0.3, 0.4) is 0 Å². The van der Waals surface area contributed by atoms with Crippen molar-refractivity contribution < 1.29 is 0 Å². The molecule has 88 valence electrons. The number of hydrogen-bond acceptors (Lipinski definition) is 2. The SMILES string of the molecule is Cc1cc(Cl)ccc1-n1nc(N)c2c1CCC2. The van der Waals surface area contributed by atoms with Crippen LogP contribution in [0.2, 0.25) is 5.02 Å². The Kier molecular flexibility index (Phi) is 2.37. The second kappa shape index (κ2) is 3.77. The van der Waals surface area contributed by atoms with Gasteiger partial charge in [0.05, 0.1) is 5.69 Å². The number of nitrogens with two attached hydrogens (primary N) is 1. The summed E-state index contributed by atoms with van der Waals surface area (Å²) in [4.78, 5) is 0. The van der Waals surface area contributed by atoms with E-state index in [1.807, 2.05) is 29.8 Å². The van der Waals surface area contributed by atoms with Crippen molar-refractivity contribution in [2.24, 2.45) is 0 Å². The molecule has 0 radical (unpaired) electrons. The van der Waals surface area contributed by atoms with Crippen molar-refractivity contribution in [1.82, 2.24) is 9.78 Å². The van der Waals surface area contributed by atoms with E-state index in [9.17, 15) is 0 Å². The molecule has 0 unspecified atom stereocenters. The number of fused-ring (bicyclic) bond motifs is 1. The summed E-state index contributed by atoms with van der Waals surface area (Å²) in [5.74, 6) is 0.673. The van der Waals surface area contributed by atoms with Crippen LogP contribution in [0.5, 0.6) is 0 Å². The van der Waals surface area contributed by atoms with Gasteiger partial charge >= 0.3 is 0 Å². The predicted molar refractivity (Wildman–Crippen MR) is 69.7 cm³/mol. The molecule has 3 rings (SSSR count). The Labute approximate surface area is 105 Å². The summed E-state index contributed by atoms with van der Waals surface area (Å²) < 4.78 is 1.98. The second-order valence-corrected chi connectivity index (χ2v) is 4.94. The Morgan fingerprint density at radius 2 is 2.18 bits per heavy atom. The van der Waals surface area contributed by atoms with Gasteiger partial charge in [-0.2, -0.15) is 5.10 Å². The van der Waals surface area contributed by atoms with Crippen LogP contribution >= 0.6 is 11.6 Å². The third-order valence-corrected chi connectivity index (χ3v) is 3.58. The largest absolute Gasteiger partial charge is 0.382 e. The number of nitrogen functional groups attached to an aromatic ring is 1. The topological polar surface area (TPSA) is 43.8 Å². The normalized spacial score (nSPS) is 14.0. The maximum Gasteiger partial charge on any atom is 0.149 e. The van der Waals surface area contributed by atoms with Crippen molar-refractivity contribution in [3.63, 3.8) is 0 Å². The summed E-state index contributed by atoms with van der Waals surface area (Å²) in [6.45, 7) is 2.04. The first-order valence-electron chi connectivity index (χ1n) is 5.79. The molecule has 1 aliphatic carbocycles. The highest BCUT2D eigenvalue weighted by molar-refractivity contribution is 6.30. The van der Waals surface area contributed by atoms with Crippen molar-refractivity contribution in [3.8, 4) is 5.69 Å². The molecule has 0 bridgehead atoms. The van der Waals surface area contributed by atoms with Crippen molar-refractivity contribution in [1.29, 1.82) is 0 Å². The molecule has 0 spiro atoms. The first-order valence-corrected chi connectivity index (χ1v) is 6.17. The van der Waals surface area contributed by atoms with Gasteiger partial charge in [0.25, 0.3) is 0 Å². The lowest BCUT2D eigenvalue weighted by molar-refractivity contribution is 0.785. The zero-order valence-electron chi connectivity index (χ0n) is 9.70. The Hall–Kier alpha value is -1.48.